The van der Waals surface area contributed by atoms with E-state index in [1.807, 2.05) is 74.0 Å². The van der Waals surface area contributed by atoms with E-state index in [0.29, 0.717) is 22.6 Å². The number of carbonyl (C=O) groups is 1. The van der Waals surface area contributed by atoms with Crippen LogP contribution in [0.1, 0.15) is 47.2 Å². The molecule has 4 aromatic rings. The summed E-state index contributed by atoms with van der Waals surface area (Å²) in [5, 5.41) is 8.16. The number of aromatic nitrogens is 4. The molecule has 148 valence electrons. The topological polar surface area (TPSA) is 72.7 Å². The zero-order valence-corrected chi connectivity index (χ0v) is 17.0. The number of rotatable bonds is 3. The van der Waals surface area contributed by atoms with Crippen molar-refractivity contribution in [2.45, 2.75) is 26.8 Å². The molecule has 0 aliphatic carbocycles. The Balaban J connectivity index is 1.57. The summed E-state index contributed by atoms with van der Waals surface area (Å²) < 4.78 is 1.85. The number of fused-ring (bicyclic) bond motifs is 1. The SMILES string of the molecule is Cc1nc2c(cnn2C(C)C)cc1C(=O)Nc1cccc(C#Cc2ccccn2)c1. The molecule has 1 N–H and O–H groups in total. The first-order chi connectivity index (χ1) is 14.5. The predicted molar refractivity (Wildman–Crippen MR) is 117 cm³/mol. The van der Waals surface area contributed by atoms with Gasteiger partial charge in [-0.1, -0.05) is 18.1 Å². The fourth-order valence-electron chi connectivity index (χ4n) is 3.12. The van der Waals surface area contributed by atoms with Gasteiger partial charge >= 0.3 is 0 Å². The Labute approximate surface area is 175 Å². The van der Waals surface area contributed by atoms with Crippen molar-refractivity contribution in [2.75, 3.05) is 5.32 Å². The van der Waals surface area contributed by atoms with E-state index in [4.69, 9.17) is 0 Å². The van der Waals surface area contributed by atoms with Gasteiger partial charge in [0.05, 0.1) is 17.5 Å². The molecule has 0 unspecified atom stereocenters. The van der Waals surface area contributed by atoms with Crippen LogP contribution in [0.25, 0.3) is 11.0 Å². The van der Waals surface area contributed by atoms with E-state index in [1.165, 1.54) is 0 Å². The Hall–Kier alpha value is -3.98. The summed E-state index contributed by atoms with van der Waals surface area (Å²) in [6, 6.07) is 15.1. The first kappa shape index (κ1) is 19.3. The Morgan fingerprint density at radius 3 is 2.73 bits per heavy atom. The highest BCUT2D eigenvalue weighted by atomic mass is 16.1. The fourth-order valence-corrected chi connectivity index (χ4v) is 3.12. The molecular formula is C24H21N5O. The van der Waals surface area contributed by atoms with Crippen molar-refractivity contribution in [1.82, 2.24) is 19.7 Å². The van der Waals surface area contributed by atoms with Gasteiger partial charge in [-0.15, -0.1) is 0 Å². The van der Waals surface area contributed by atoms with Crippen LogP contribution in [0.5, 0.6) is 0 Å². The van der Waals surface area contributed by atoms with E-state index in [-0.39, 0.29) is 11.9 Å². The minimum absolute atomic E-state index is 0.198. The number of hydrogen-bond acceptors (Lipinski definition) is 4. The molecule has 3 heterocycles. The van der Waals surface area contributed by atoms with Crippen LogP contribution in [0.15, 0.2) is 60.9 Å². The lowest BCUT2D eigenvalue weighted by atomic mass is 10.1. The number of pyridine rings is 2. The van der Waals surface area contributed by atoms with Gasteiger partial charge in [0.25, 0.3) is 5.91 Å². The van der Waals surface area contributed by atoms with Gasteiger partial charge in [-0.25, -0.2) is 14.6 Å². The van der Waals surface area contributed by atoms with Crippen LogP contribution in [-0.4, -0.2) is 25.7 Å². The quantitative estimate of drug-likeness (QED) is 0.523. The summed E-state index contributed by atoms with van der Waals surface area (Å²) in [6.45, 7) is 5.93. The summed E-state index contributed by atoms with van der Waals surface area (Å²) in [5.74, 6) is 5.88. The molecule has 0 bridgehead atoms. The number of nitrogens with one attached hydrogen (secondary N) is 1. The second kappa shape index (κ2) is 8.18. The number of carbonyl (C=O) groups excluding carboxylic acids is 1. The molecule has 0 saturated heterocycles. The number of benzene rings is 1. The van der Waals surface area contributed by atoms with Gasteiger partial charge in [-0.05, 0) is 63.1 Å². The van der Waals surface area contributed by atoms with Crippen molar-refractivity contribution in [3.63, 3.8) is 0 Å². The van der Waals surface area contributed by atoms with Gasteiger partial charge in [0.15, 0.2) is 5.65 Å². The minimum atomic E-state index is -0.214. The number of nitrogens with zero attached hydrogens (tertiary/aromatic N) is 4. The molecule has 4 rings (SSSR count). The molecule has 0 atom stereocenters. The Morgan fingerprint density at radius 1 is 1.10 bits per heavy atom. The third-order valence-corrected chi connectivity index (χ3v) is 4.61. The number of anilines is 1. The largest absolute Gasteiger partial charge is 0.322 e. The maximum Gasteiger partial charge on any atom is 0.257 e. The summed E-state index contributed by atoms with van der Waals surface area (Å²) in [6.07, 6.45) is 3.45. The average molecular weight is 395 g/mol. The molecule has 0 fully saturated rings. The Bertz CT molecular complexity index is 1280. The molecule has 6 heteroatoms. The van der Waals surface area contributed by atoms with Crippen molar-refractivity contribution in [2.24, 2.45) is 0 Å². The highest BCUT2D eigenvalue weighted by molar-refractivity contribution is 6.06. The van der Waals surface area contributed by atoms with Crippen LogP contribution in [-0.2, 0) is 0 Å². The monoisotopic (exact) mass is 395 g/mol. The van der Waals surface area contributed by atoms with Crippen molar-refractivity contribution in [1.29, 1.82) is 0 Å². The average Bonchev–Trinajstić information content (AvgIpc) is 3.15. The third kappa shape index (κ3) is 4.06. The summed E-state index contributed by atoms with van der Waals surface area (Å²) in [5.41, 5.74) is 4.13. The van der Waals surface area contributed by atoms with Gasteiger partial charge in [0, 0.05) is 28.9 Å². The molecule has 1 amide bonds. The molecule has 6 nitrogen and oxygen atoms in total. The second-order valence-electron chi connectivity index (χ2n) is 7.22. The second-order valence-corrected chi connectivity index (χ2v) is 7.22. The molecule has 0 aliphatic heterocycles. The van der Waals surface area contributed by atoms with E-state index < -0.39 is 0 Å². The smallest absolute Gasteiger partial charge is 0.257 e. The van der Waals surface area contributed by atoms with Crippen LogP contribution in [0, 0.1) is 18.8 Å². The zero-order valence-electron chi connectivity index (χ0n) is 17.0. The summed E-state index contributed by atoms with van der Waals surface area (Å²) in [7, 11) is 0. The zero-order chi connectivity index (χ0) is 21.1. The molecule has 0 spiro atoms. The van der Waals surface area contributed by atoms with Crippen molar-refractivity contribution < 1.29 is 4.79 Å². The summed E-state index contributed by atoms with van der Waals surface area (Å²) in [4.78, 5) is 21.7. The van der Waals surface area contributed by atoms with Crippen molar-refractivity contribution >= 4 is 22.6 Å². The van der Waals surface area contributed by atoms with Crippen LogP contribution < -0.4 is 5.32 Å². The normalized spacial score (nSPS) is 10.7. The molecular weight excluding hydrogens is 374 g/mol. The van der Waals surface area contributed by atoms with E-state index in [9.17, 15) is 4.79 Å². The van der Waals surface area contributed by atoms with Crippen LogP contribution >= 0.6 is 0 Å². The highest BCUT2D eigenvalue weighted by Crippen LogP contribution is 2.20. The maximum absolute atomic E-state index is 12.9. The van der Waals surface area contributed by atoms with Gasteiger partial charge in [-0.3, -0.25) is 4.79 Å². The number of hydrogen-bond donors (Lipinski definition) is 1. The van der Waals surface area contributed by atoms with Gasteiger partial charge in [0.1, 0.15) is 5.69 Å². The third-order valence-electron chi connectivity index (χ3n) is 4.61. The van der Waals surface area contributed by atoms with E-state index in [0.717, 1.165) is 16.6 Å². The molecule has 0 radical (unpaired) electrons. The predicted octanol–water partition coefficient (Wildman–Crippen LogP) is 4.37. The molecule has 1 aromatic carbocycles. The van der Waals surface area contributed by atoms with Crippen LogP contribution in [0.2, 0.25) is 0 Å². The highest BCUT2D eigenvalue weighted by Gasteiger charge is 2.15. The molecule has 0 aliphatic rings. The summed E-state index contributed by atoms with van der Waals surface area (Å²) >= 11 is 0. The first-order valence-corrected chi connectivity index (χ1v) is 9.70. The van der Waals surface area contributed by atoms with E-state index in [1.54, 1.807) is 12.4 Å². The van der Waals surface area contributed by atoms with Gasteiger partial charge in [-0.2, -0.15) is 5.10 Å². The van der Waals surface area contributed by atoms with Gasteiger partial charge < -0.3 is 5.32 Å². The molecule has 0 saturated carbocycles. The van der Waals surface area contributed by atoms with Crippen molar-refractivity contribution in [3.8, 4) is 11.8 Å². The Kier molecular flexibility index (Phi) is 5.27. The van der Waals surface area contributed by atoms with Crippen molar-refractivity contribution in [3.05, 3.63) is 83.4 Å². The fraction of sp³-hybridized carbons (Fsp3) is 0.167. The van der Waals surface area contributed by atoms with Crippen LogP contribution in [0.4, 0.5) is 5.69 Å². The maximum atomic E-state index is 12.9. The van der Waals surface area contributed by atoms with Crippen LogP contribution in [0.3, 0.4) is 0 Å². The number of aryl methyl sites for hydroxylation is 1. The number of amides is 1. The lowest BCUT2D eigenvalue weighted by Gasteiger charge is -2.10. The lowest BCUT2D eigenvalue weighted by molar-refractivity contribution is 0.102. The van der Waals surface area contributed by atoms with Gasteiger partial charge in [0.2, 0.25) is 0 Å². The van der Waals surface area contributed by atoms with E-state index in [2.05, 4.69) is 32.2 Å². The molecule has 30 heavy (non-hydrogen) atoms. The minimum Gasteiger partial charge on any atom is -0.322 e. The Morgan fingerprint density at radius 2 is 1.97 bits per heavy atom. The first-order valence-electron chi connectivity index (χ1n) is 9.70. The van der Waals surface area contributed by atoms with E-state index >= 15 is 0 Å². The standard InChI is InChI=1S/C24H21N5O/c1-16(2)29-23-19(15-26-29)14-22(17(3)27-23)24(30)28-21-9-6-7-18(13-21)10-11-20-8-4-5-12-25-20/h4-9,12-16H,1-3H3,(H,28,30). The molecule has 3 aromatic heterocycles. The lowest BCUT2D eigenvalue weighted by Crippen LogP contribution is -2.14.